The van der Waals surface area contributed by atoms with E-state index in [-0.39, 0.29) is 5.91 Å². The molecule has 1 N–H and O–H groups in total. The van der Waals surface area contributed by atoms with Crippen LogP contribution in [0.25, 0.3) is 0 Å². The highest BCUT2D eigenvalue weighted by atomic mass is 79.9. The topological polar surface area (TPSA) is 29.1 Å². The van der Waals surface area contributed by atoms with E-state index in [1.807, 2.05) is 43.5 Å². The van der Waals surface area contributed by atoms with Gasteiger partial charge in [0.25, 0.3) is 5.91 Å². The van der Waals surface area contributed by atoms with Gasteiger partial charge in [-0.25, -0.2) is 0 Å². The molecule has 2 nitrogen and oxygen atoms in total. The lowest BCUT2D eigenvalue weighted by Crippen LogP contribution is -2.23. The number of aryl methyl sites for hydroxylation is 1. The minimum absolute atomic E-state index is 0.0132. The molecule has 1 heterocycles. The molecule has 18 heavy (non-hydrogen) atoms. The first-order valence-electron chi connectivity index (χ1n) is 5.65. The summed E-state index contributed by atoms with van der Waals surface area (Å²) in [6.45, 7) is 4.57. The SMILES string of the molecule is Cc1cccc(C(=O)NCc2cc(Br)cs2)c1C. The Morgan fingerprint density at radius 2 is 2.17 bits per heavy atom. The van der Waals surface area contributed by atoms with Crippen molar-refractivity contribution >= 4 is 33.2 Å². The van der Waals surface area contributed by atoms with E-state index in [0.717, 1.165) is 26.0 Å². The van der Waals surface area contributed by atoms with Crippen LogP contribution in [0.1, 0.15) is 26.4 Å². The molecule has 0 unspecified atom stereocenters. The average Bonchev–Trinajstić information content (AvgIpc) is 2.76. The third kappa shape index (κ3) is 3.00. The summed E-state index contributed by atoms with van der Waals surface area (Å²) < 4.78 is 1.06. The van der Waals surface area contributed by atoms with Crippen molar-refractivity contribution in [3.63, 3.8) is 0 Å². The van der Waals surface area contributed by atoms with Crippen LogP contribution in [0, 0.1) is 13.8 Å². The van der Waals surface area contributed by atoms with Gasteiger partial charge in [-0.1, -0.05) is 12.1 Å². The zero-order chi connectivity index (χ0) is 13.1. The maximum Gasteiger partial charge on any atom is 0.251 e. The Morgan fingerprint density at radius 1 is 1.39 bits per heavy atom. The maximum atomic E-state index is 12.1. The van der Waals surface area contributed by atoms with E-state index in [1.54, 1.807) is 11.3 Å². The summed E-state index contributed by atoms with van der Waals surface area (Å²) in [5, 5.41) is 4.96. The summed E-state index contributed by atoms with van der Waals surface area (Å²) in [4.78, 5) is 13.2. The molecule has 94 valence electrons. The Bertz CT molecular complexity index is 577. The van der Waals surface area contributed by atoms with Crippen LogP contribution >= 0.6 is 27.3 Å². The highest BCUT2D eigenvalue weighted by Gasteiger charge is 2.09. The number of rotatable bonds is 3. The standard InChI is InChI=1S/C14H14BrNOS/c1-9-4-3-5-13(10(9)2)14(17)16-7-12-6-11(15)8-18-12/h3-6,8H,7H2,1-2H3,(H,16,17). The fourth-order valence-electron chi connectivity index (χ4n) is 1.71. The summed E-state index contributed by atoms with van der Waals surface area (Å²) >= 11 is 5.04. The van der Waals surface area contributed by atoms with E-state index in [1.165, 1.54) is 0 Å². The van der Waals surface area contributed by atoms with Crippen LogP contribution in [0.2, 0.25) is 0 Å². The highest BCUT2D eigenvalue weighted by molar-refractivity contribution is 9.10. The second-order valence-electron chi connectivity index (χ2n) is 4.16. The molecule has 0 spiro atoms. The molecule has 4 heteroatoms. The summed E-state index contributed by atoms with van der Waals surface area (Å²) in [6, 6.07) is 7.82. The van der Waals surface area contributed by atoms with Crippen molar-refractivity contribution in [1.82, 2.24) is 5.32 Å². The molecule has 2 rings (SSSR count). The number of nitrogens with one attached hydrogen (secondary N) is 1. The summed E-state index contributed by atoms with van der Waals surface area (Å²) in [5.41, 5.74) is 2.94. The van der Waals surface area contributed by atoms with Crippen molar-refractivity contribution in [2.24, 2.45) is 0 Å². The number of thiophene rings is 1. The smallest absolute Gasteiger partial charge is 0.251 e. The molecule has 1 aromatic carbocycles. The minimum atomic E-state index is -0.0132. The molecule has 0 saturated heterocycles. The van der Waals surface area contributed by atoms with Crippen molar-refractivity contribution in [2.75, 3.05) is 0 Å². The number of hydrogen-bond donors (Lipinski definition) is 1. The molecule has 0 bridgehead atoms. The number of amides is 1. The number of carbonyl (C=O) groups excluding carboxylic acids is 1. The van der Waals surface area contributed by atoms with Gasteiger partial charge in [-0.3, -0.25) is 4.79 Å². The molecule has 2 aromatic rings. The van der Waals surface area contributed by atoms with Gasteiger partial charge < -0.3 is 5.32 Å². The normalized spacial score (nSPS) is 10.4. The van der Waals surface area contributed by atoms with Gasteiger partial charge >= 0.3 is 0 Å². The molecule has 0 atom stereocenters. The van der Waals surface area contributed by atoms with Crippen LogP contribution in [0.3, 0.4) is 0 Å². The summed E-state index contributed by atoms with van der Waals surface area (Å²) in [5.74, 6) is -0.0132. The molecule has 0 fully saturated rings. The minimum Gasteiger partial charge on any atom is -0.347 e. The van der Waals surface area contributed by atoms with Crippen molar-refractivity contribution in [1.29, 1.82) is 0 Å². The first-order chi connectivity index (χ1) is 8.58. The monoisotopic (exact) mass is 323 g/mol. The Labute approximate surface area is 119 Å². The predicted octanol–water partition coefficient (Wildman–Crippen LogP) is 4.06. The third-order valence-corrected chi connectivity index (χ3v) is 4.59. The van der Waals surface area contributed by atoms with Crippen LogP contribution in [-0.2, 0) is 6.54 Å². The number of carbonyl (C=O) groups is 1. The van der Waals surface area contributed by atoms with Crippen LogP contribution in [0.15, 0.2) is 34.1 Å². The van der Waals surface area contributed by atoms with Gasteiger partial charge in [0.2, 0.25) is 0 Å². The summed E-state index contributed by atoms with van der Waals surface area (Å²) in [6.07, 6.45) is 0. The number of benzene rings is 1. The zero-order valence-corrected chi connectivity index (χ0v) is 12.7. The average molecular weight is 324 g/mol. The largest absolute Gasteiger partial charge is 0.347 e. The molecule has 0 aliphatic rings. The van der Waals surface area contributed by atoms with Crippen LogP contribution in [0.5, 0.6) is 0 Å². The second-order valence-corrected chi connectivity index (χ2v) is 6.07. The van der Waals surface area contributed by atoms with E-state index in [9.17, 15) is 4.79 Å². The Balaban J connectivity index is 2.06. The third-order valence-electron chi connectivity index (χ3n) is 2.89. The first-order valence-corrected chi connectivity index (χ1v) is 7.32. The van der Waals surface area contributed by atoms with Gasteiger partial charge in [0.1, 0.15) is 0 Å². The molecule has 0 saturated carbocycles. The molecular formula is C14H14BrNOS. The molecule has 1 amide bonds. The Kier molecular flexibility index (Phi) is 4.19. The molecule has 0 aliphatic carbocycles. The van der Waals surface area contributed by atoms with Gasteiger partial charge in [0, 0.05) is 20.3 Å². The molecule has 0 aliphatic heterocycles. The molecule has 1 aromatic heterocycles. The lowest BCUT2D eigenvalue weighted by Gasteiger charge is -2.08. The van der Waals surface area contributed by atoms with Crippen molar-refractivity contribution in [2.45, 2.75) is 20.4 Å². The van der Waals surface area contributed by atoms with Gasteiger partial charge in [0.05, 0.1) is 6.54 Å². The molecular weight excluding hydrogens is 310 g/mol. The fraction of sp³-hybridized carbons (Fsp3) is 0.214. The highest BCUT2D eigenvalue weighted by Crippen LogP contribution is 2.19. The molecule has 0 radical (unpaired) electrons. The Hall–Kier alpha value is -1.13. The quantitative estimate of drug-likeness (QED) is 0.906. The Morgan fingerprint density at radius 3 is 2.83 bits per heavy atom. The van der Waals surface area contributed by atoms with Gasteiger partial charge in [0.15, 0.2) is 0 Å². The van der Waals surface area contributed by atoms with Gasteiger partial charge in [-0.2, -0.15) is 0 Å². The van der Waals surface area contributed by atoms with Crippen LogP contribution in [0.4, 0.5) is 0 Å². The van der Waals surface area contributed by atoms with E-state index in [4.69, 9.17) is 0 Å². The van der Waals surface area contributed by atoms with Gasteiger partial charge in [-0.05, 0) is 53.0 Å². The van der Waals surface area contributed by atoms with E-state index in [0.29, 0.717) is 6.54 Å². The maximum absolute atomic E-state index is 12.1. The number of halogens is 1. The van der Waals surface area contributed by atoms with Crippen LogP contribution < -0.4 is 5.32 Å². The summed E-state index contributed by atoms with van der Waals surface area (Å²) in [7, 11) is 0. The van der Waals surface area contributed by atoms with Crippen LogP contribution in [-0.4, -0.2) is 5.91 Å². The van der Waals surface area contributed by atoms with Crippen molar-refractivity contribution in [3.8, 4) is 0 Å². The van der Waals surface area contributed by atoms with Crippen molar-refractivity contribution in [3.05, 3.63) is 55.7 Å². The predicted molar refractivity (Wildman–Crippen MR) is 79.1 cm³/mol. The van der Waals surface area contributed by atoms with E-state index >= 15 is 0 Å². The first kappa shape index (κ1) is 13.3. The lowest BCUT2D eigenvalue weighted by atomic mass is 10.0. The zero-order valence-electron chi connectivity index (χ0n) is 10.3. The fourth-order valence-corrected chi connectivity index (χ4v) is 3.10. The van der Waals surface area contributed by atoms with Gasteiger partial charge in [-0.15, -0.1) is 11.3 Å². The van der Waals surface area contributed by atoms with E-state index in [2.05, 4.69) is 21.2 Å². The second kappa shape index (κ2) is 5.67. The number of hydrogen-bond acceptors (Lipinski definition) is 2. The van der Waals surface area contributed by atoms with Crippen molar-refractivity contribution < 1.29 is 4.79 Å². The lowest BCUT2D eigenvalue weighted by molar-refractivity contribution is 0.0950. The van der Waals surface area contributed by atoms with E-state index < -0.39 is 0 Å².